The van der Waals surface area contributed by atoms with Crippen LogP contribution in [0.15, 0.2) is 24.3 Å². The van der Waals surface area contributed by atoms with Crippen LogP contribution in [-0.4, -0.2) is 29.6 Å². The van der Waals surface area contributed by atoms with Gasteiger partial charge in [0, 0.05) is 24.0 Å². The quantitative estimate of drug-likeness (QED) is 0.845. The molecule has 2 rings (SSSR count). The number of aliphatic carboxylic acids is 1. The molecule has 21 heavy (non-hydrogen) atoms. The van der Waals surface area contributed by atoms with Crippen LogP contribution in [0, 0.1) is 11.8 Å². The van der Waals surface area contributed by atoms with Crippen molar-refractivity contribution >= 4 is 23.3 Å². The Kier molecular flexibility index (Phi) is 4.50. The molecule has 2 atom stereocenters. The Labute approximate surface area is 125 Å². The zero-order valence-corrected chi connectivity index (χ0v) is 12.7. The molecule has 1 fully saturated rings. The van der Waals surface area contributed by atoms with E-state index in [1.54, 1.807) is 0 Å². The molecule has 1 aromatic rings. The van der Waals surface area contributed by atoms with Gasteiger partial charge >= 0.3 is 5.97 Å². The third-order valence-electron chi connectivity index (χ3n) is 3.87. The Morgan fingerprint density at radius 3 is 2.33 bits per heavy atom. The highest BCUT2D eigenvalue weighted by Gasteiger charge is 2.48. The van der Waals surface area contributed by atoms with E-state index < -0.39 is 11.9 Å². The van der Waals surface area contributed by atoms with Crippen molar-refractivity contribution in [3.63, 3.8) is 0 Å². The number of rotatable bonds is 6. The van der Waals surface area contributed by atoms with Crippen LogP contribution in [0.25, 0.3) is 0 Å². The lowest BCUT2D eigenvalue weighted by Crippen LogP contribution is -2.30. The number of hydrogen-bond donors (Lipinski definition) is 2. The first-order chi connectivity index (χ1) is 9.93. The van der Waals surface area contributed by atoms with E-state index in [-0.39, 0.29) is 11.8 Å². The number of carboxylic acids is 1. The number of hydrogen-bond acceptors (Lipinski definition) is 3. The van der Waals surface area contributed by atoms with E-state index in [0.29, 0.717) is 18.2 Å². The fourth-order valence-electron chi connectivity index (χ4n) is 2.57. The van der Waals surface area contributed by atoms with E-state index in [2.05, 4.69) is 31.0 Å². The van der Waals surface area contributed by atoms with Crippen molar-refractivity contribution in [1.29, 1.82) is 0 Å². The second-order valence-electron chi connectivity index (χ2n) is 5.70. The van der Waals surface area contributed by atoms with Crippen LogP contribution < -0.4 is 10.2 Å². The van der Waals surface area contributed by atoms with Crippen LogP contribution in [-0.2, 0) is 9.59 Å². The Morgan fingerprint density at radius 2 is 1.90 bits per heavy atom. The maximum atomic E-state index is 11.9. The van der Waals surface area contributed by atoms with Gasteiger partial charge in [0.1, 0.15) is 0 Å². The maximum absolute atomic E-state index is 11.9. The molecule has 0 heterocycles. The molecule has 1 aliphatic rings. The molecule has 2 unspecified atom stereocenters. The minimum absolute atomic E-state index is 0.202. The first-order valence-electron chi connectivity index (χ1n) is 7.34. The number of anilines is 2. The smallest absolute Gasteiger partial charge is 0.307 e. The van der Waals surface area contributed by atoms with Crippen LogP contribution in [0.3, 0.4) is 0 Å². The molecule has 0 bridgehead atoms. The molecule has 1 amide bonds. The number of nitrogens with one attached hydrogen (secondary N) is 1. The van der Waals surface area contributed by atoms with Gasteiger partial charge in [0.25, 0.3) is 0 Å². The van der Waals surface area contributed by atoms with Crippen molar-refractivity contribution in [3.05, 3.63) is 24.3 Å². The highest BCUT2D eigenvalue weighted by atomic mass is 16.4. The third-order valence-corrected chi connectivity index (χ3v) is 3.87. The average Bonchev–Trinajstić information content (AvgIpc) is 3.21. The lowest BCUT2D eigenvalue weighted by atomic mass is 10.2. The van der Waals surface area contributed by atoms with Crippen molar-refractivity contribution in [2.24, 2.45) is 11.8 Å². The molecule has 0 aliphatic heterocycles. The van der Waals surface area contributed by atoms with Crippen molar-refractivity contribution in [1.82, 2.24) is 0 Å². The average molecular weight is 290 g/mol. The zero-order chi connectivity index (χ0) is 15.6. The molecular weight excluding hydrogens is 268 g/mol. The molecule has 5 heteroatoms. The molecule has 0 radical (unpaired) electrons. The Bertz CT molecular complexity index is 525. The lowest BCUT2D eigenvalue weighted by Gasteiger charge is -2.27. The normalized spacial score (nSPS) is 20.2. The van der Waals surface area contributed by atoms with Gasteiger partial charge in [-0.2, -0.15) is 0 Å². The minimum Gasteiger partial charge on any atom is -0.481 e. The molecule has 1 aromatic carbocycles. The lowest BCUT2D eigenvalue weighted by molar-refractivity contribution is -0.139. The number of benzene rings is 1. The van der Waals surface area contributed by atoms with Gasteiger partial charge < -0.3 is 15.3 Å². The summed E-state index contributed by atoms with van der Waals surface area (Å²) in [6.45, 7) is 7.30. The molecule has 1 aliphatic carbocycles. The van der Waals surface area contributed by atoms with Crippen LogP contribution in [0.4, 0.5) is 11.4 Å². The van der Waals surface area contributed by atoms with Crippen molar-refractivity contribution in [3.8, 4) is 0 Å². The second-order valence-corrected chi connectivity index (χ2v) is 5.70. The van der Waals surface area contributed by atoms with Crippen molar-refractivity contribution < 1.29 is 14.7 Å². The first kappa shape index (κ1) is 15.4. The van der Waals surface area contributed by atoms with E-state index >= 15 is 0 Å². The van der Waals surface area contributed by atoms with Gasteiger partial charge in [-0.25, -0.2) is 0 Å². The summed E-state index contributed by atoms with van der Waals surface area (Å²) < 4.78 is 0. The summed E-state index contributed by atoms with van der Waals surface area (Å²) in [6.07, 6.45) is 0.441. The summed E-state index contributed by atoms with van der Waals surface area (Å²) in [5.41, 5.74) is 1.82. The standard InChI is InChI=1S/C16H22N2O3/c1-4-18(10(2)3)12-7-5-11(6-8-12)17-15(19)13-9-14(13)16(20)21/h5-8,10,13-14H,4,9H2,1-3H3,(H,17,19)(H,20,21). The second kappa shape index (κ2) is 6.16. The topological polar surface area (TPSA) is 69.6 Å². The summed E-state index contributed by atoms with van der Waals surface area (Å²) >= 11 is 0. The van der Waals surface area contributed by atoms with E-state index in [1.807, 2.05) is 24.3 Å². The largest absolute Gasteiger partial charge is 0.481 e. The van der Waals surface area contributed by atoms with Crippen molar-refractivity contribution in [2.75, 3.05) is 16.8 Å². The van der Waals surface area contributed by atoms with Gasteiger partial charge in [-0.3, -0.25) is 9.59 Å². The fourth-order valence-corrected chi connectivity index (χ4v) is 2.57. The molecule has 0 spiro atoms. The predicted octanol–water partition coefficient (Wildman–Crippen LogP) is 2.58. The summed E-state index contributed by atoms with van der Waals surface area (Å²) in [4.78, 5) is 24.9. The van der Waals surface area contributed by atoms with Gasteiger partial charge in [-0.05, 0) is 51.5 Å². The Hall–Kier alpha value is -2.04. The molecule has 0 aromatic heterocycles. The number of carbonyl (C=O) groups is 2. The highest BCUT2D eigenvalue weighted by Crippen LogP contribution is 2.39. The summed E-state index contributed by atoms with van der Waals surface area (Å²) in [6, 6.07) is 8.08. The van der Waals surface area contributed by atoms with E-state index in [9.17, 15) is 9.59 Å². The number of carboxylic acid groups (broad SMARTS) is 1. The fraction of sp³-hybridized carbons (Fsp3) is 0.500. The van der Waals surface area contributed by atoms with Gasteiger partial charge in [-0.15, -0.1) is 0 Å². The van der Waals surface area contributed by atoms with Gasteiger partial charge in [0.2, 0.25) is 5.91 Å². The minimum atomic E-state index is -0.888. The van der Waals surface area contributed by atoms with Crippen LogP contribution >= 0.6 is 0 Å². The Balaban J connectivity index is 1.97. The molecule has 0 saturated heterocycles. The monoisotopic (exact) mass is 290 g/mol. The SMILES string of the molecule is CCN(c1ccc(NC(=O)C2CC2C(=O)O)cc1)C(C)C. The van der Waals surface area contributed by atoms with Crippen LogP contribution in [0.1, 0.15) is 27.2 Å². The first-order valence-corrected chi connectivity index (χ1v) is 7.34. The molecule has 2 N–H and O–H groups in total. The summed E-state index contributed by atoms with van der Waals surface area (Å²) in [7, 11) is 0. The molecule has 114 valence electrons. The van der Waals surface area contributed by atoms with Gasteiger partial charge in [-0.1, -0.05) is 0 Å². The molecule has 1 saturated carbocycles. The Morgan fingerprint density at radius 1 is 1.29 bits per heavy atom. The van der Waals surface area contributed by atoms with E-state index in [1.165, 1.54) is 0 Å². The van der Waals surface area contributed by atoms with Gasteiger partial charge in [0.15, 0.2) is 0 Å². The number of amides is 1. The van der Waals surface area contributed by atoms with Gasteiger partial charge in [0.05, 0.1) is 11.8 Å². The highest BCUT2D eigenvalue weighted by molar-refractivity contribution is 5.98. The summed E-state index contributed by atoms with van der Waals surface area (Å²) in [5, 5.41) is 11.6. The number of nitrogens with zero attached hydrogens (tertiary/aromatic N) is 1. The van der Waals surface area contributed by atoms with Crippen LogP contribution in [0.2, 0.25) is 0 Å². The summed E-state index contributed by atoms with van der Waals surface area (Å²) in [5.74, 6) is -1.99. The van der Waals surface area contributed by atoms with Crippen molar-refractivity contribution in [2.45, 2.75) is 33.2 Å². The van der Waals surface area contributed by atoms with Crippen LogP contribution in [0.5, 0.6) is 0 Å². The van der Waals surface area contributed by atoms with E-state index in [4.69, 9.17) is 5.11 Å². The molecular formula is C16H22N2O3. The number of carbonyl (C=O) groups excluding carboxylic acids is 1. The van der Waals surface area contributed by atoms with E-state index in [0.717, 1.165) is 12.2 Å². The maximum Gasteiger partial charge on any atom is 0.307 e. The third kappa shape index (κ3) is 3.54. The predicted molar refractivity (Wildman–Crippen MR) is 82.5 cm³/mol. The zero-order valence-electron chi connectivity index (χ0n) is 12.7. The molecule has 5 nitrogen and oxygen atoms in total.